The monoisotopic (exact) mass is 205 g/mol. The van der Waals surface area contributed by atoms with Crippen LogP contribution >= 0.6 is 23.2 Å². The fraction of sp³-hybridized carbons (Fsp3) is 0.375. The average molecular weight is 206 g/mol. The van der Waals surface area contributed by atoms with Gasteiger partial charge in [0.05, 0.1) is 5.02 Å². The molecule has 0 fully saturated rings. The molecule has 0 amide bonds. The van der Waals surface area contributed by atoms with Crippen molar-refractivity contribution in [1.82, 2.24) is 4.57 Å². The van der Waals surface area contributed by atoms with Crippen molar-refractivity contribution in [3.05, 3.63) is 32.7 Å². The van der Waals surface area contributed by atoms with E-state index in [0.717, 1.165) is 0 Å². The van der Waals surface area contributed by atoms with Crippen molar-refractivity contribution in [2.75, 3.05) is 0 Å². The first-order valence-corrected chi connectivity index (χ1v) is 4.35. The van der Waals surface area contributed by atoms with Gasteiger partial charge >= 0.3 is 0 Å². The molecular weight excluding hydrogens is 197 g/mol. The van der Waals surface area contributed by atoms with Crippen molar-refractivity contribution in [1.29, 1.82) is 0 Å². The molecule has 0 saturated carbocycles. The third-order valence-electron chi connectivity index (χ3n) is 1.52. The van der Waals surface area contributed by atoms with Crippen molar-refractivity contribution >= 4 is 23.2 Å². The third-order valence-corrected chi connectivity index (χ3v) is 2.00. The molecule has 0 spiro atoms. The number of hydrogen-bond donors (Lipinski definition) is 0. The fourth-order valence-electron chi connectivity index (χ4n) is 0.918. The smallest absolute Gasteiger partial charge is 0.269 e. The molecule has 0 aliphatic carbocycles. The Balaban J connectivity index is 3.38. The van der Waals surface area contributed by atoms with Crippen LogP contribution in [0.3, 0.4) is 0 Å². The maximum absolute atomic E-state index is 11.3. The minimum Gasteiger partial charge on any atom is -0.310 e. The Morgan fingerprint density at radius 1 is 1.42 bits per heavy atom. The van der Waals surface area contributed by atoms with E-state index in [4.69, 9.17) is 23.2 Å². The van der Waals surface area contributed by atoms with Crippen LogP contribution in [0.5, 0.6) is 0 Å². The topological polar surface area (TPSA) is 22.0 Å². The van der Waals surface area contributed by atoms with Crippen LogP contribution in [0.4, 0.5) is 0 Å². The molecule has 2 nitrogen and oxygen atoms in total. The largest absolute Gasteiger partial charge is 0.310 e. The van der Waals surface area contributed by atoms with Gasteiger partial charge in [-0.05, 0) is 19.9 Å². The van der Waals surface area contributed by atoms with Gasteiger partial charge in [-0.2, -0.15) is 0 Å². The van der Waals surface area contributed by atoms with Crippen molar-refractivity contribution in [2.45, 2.75) is 19.9 Å². The lowest BCUT2D eigenvalue weighted by molar-refractivity contribution is 0.578. The van der Waals surface area contributed by atoms with E-state index in [-0.39, 0.29) is 16.6 Å². The van der Waals surface area contributed by atoms with E-state index in [1.54, 1.807) is 6.20 Å². The van der Waals surface area contributed by atoms with Gasteiger partial charge in [0, 0.05) is 12.2 Å². The highest BCUT2D eigenvalue weighted by Crippen LogP contribution is 2.13. The van der Waals surface area contributed by atoms with E-state index >= 15 is 0 Å². The van der Waals surface area contributed by atoms with Crippen LogP contribution in [0, 0.1) is 0 Å². The second-order valence-corrected chi connectivity index (χ2v) is 3.66. The van der Waals surface area contributed by atoms with Gasteiger partial charge in [0.1, 0.15) is 5.02 Å². The van der Waals surface area contributed by atoms with Crippen molar-refractivity contribution in [3.8, 4) is 0 Å². The second kappa shape index (κ2) is 3.50. The van der Waals surface area contributed by atoms with Gasteiger partial charge in [-0.15, -0.1) is 0 Å². The van der Waals surface area contributed by atoms with E-state index in [0.29, 0.717) is 5.02 Å². The molecule has 0 unspecified atom stereocenters. The van der Waals surface area contributed by atoms with E-state index in [2.05, 4.69) is 0 Å². The average Bonchev–Trinajstić information content (AvgIpc) is 1.96. The summed E-state index contributed by atoms with van der Waals surface area (Å²) in [6, 6.07) is 1.53. The van der Waals surface area contributed by atoms with E-state index < -0.39 is 0 Å². The third kappa shape index (κ3) is 1.82. The lowest BCUT2D eigenvalue weighted by Crippen LogP contribution is -2.21. The first kappa shape index (κ1) is 9.62. The van der Waals surface area contributed by atoms with Crippen LogP contribution in [-0.4, -0.2) is 4.57 Å². The first-order valence-electron chi connectivity index (χ1n) is 3.59. The summed E-state index contributed by atoms with van der Waals surface area (Å²) in [6.07, 6.45) is 1.58. The molecule has 4 heteroatoms. The van der Waals surface area contributed by atoms with Crippen LogP contribution in [-0.2, 0) is 0 Å². The molecule has 1 heterocycles. The zero-order chi connectivity index (χ0) is 9.30. The molecule has 12 heavy (non-hydrogen) atoms. The summed E-state index contributed by atoms with van der Waals surface area (Å²) in [6.45, 7) is 3.79. The Hall–Kier alpha value is -0.470. The normalized spacial score (nSPS) is 10.8. The standard InChI is InChI=1S/C8H9Cl2NO/c1-5(2)11-4-6(9)3-7(10)8(11)12/h3-5H,1-2H3. The maximum Gasteiger partial charge on any atom is 0.269 e. The molecular formula is C8H9Cl2NO. The first-order chi connectivity index (χ1) is 5.52. The number of pyridine rings is 1. The van der Waals surface area contributed by atoms with E-state index in [1.807, 2.05) is 13.8 Å². The molecule has 0 aliphatic rings. The van der Waals surface area contributed by atoms with Crippen molar-refractivity contribution < 1.29 is 0 Å². The highest BCUT2D eigenvalue weighted by atomic mass is 35.5. The van der Waals surface area contributed by atoms with Crippen LogP contribution in [0.25, 0.3) is 0 Å². The zero-order valence-corrected chi connectivity index (χ0v) is 8.36. The second-order valence-electron chi connectivity index (χ2n) is 2.81. The fourth-order valence-corrected chi connectivity index (χ4v) is 1.40. The quantitative estimate of drug-likeness (QED) is 0.692. The number of nitrogens with zero attached hydrogens (tertiary/aromatic N) is 1. The van der Waals surface area contributed by atoms with Gasteiger partial charge in [-0.25, -0.2) is 0 Å². The van der Waals surface area contributed by atoms with Gasteiger partial charge in [0.15, 0.2) is 0 Å². The number of halogens is 2. The lowest BCUT2D eigenvalue weighted by Gasteiger charge is -2.09. The van der Waals surface area contributed by atoms with Gasteiger partial charge < -0.3 is 4.57 Å². The summed E-state index contributed by atoms with van der Waals surface area (Å²) in [7, 11) is 0. The van der Waals surface area contributed by atoms with Gasteiger partial charge in [-0.3, -0.25) is 4.79 Å². The molecule has 1 rings (SSSR count). The number of aromatic nitrogens is 1. The number of rotatable bonds is 1. The lowest BCUT2D eigenvalue weighted by atomic mass is 10.3. The van der Waals surface area contributed by atoms with E-state index in [1.165, 1.54) is 10.6 Å². The van der Waals surface area contributed by atoms with Crippen LogP contribution in [0.15, 0.2) is 17.1 Å². The molecule has 0 N–H and O–H groups in total. The minimum atomic E-state index is -0.198. The molecule has 0 radical (unpaired) electrons. The highest BCUT2D eigenvalue weighted by Gasteiger charge is 2.05. The Labute approximate surface area is 80.7 Å². The molecule has 0 bridgehead atoms. The Bertz CT molecular complexity index is 343. The summed E-state index contributed by atoms with van der Waals surface area (Å²) in [5.74, 6) is 0. The Morgan fingerprint density at radius 2 is 2.00 bits per heavy atom. The van der Waals surface area contributed by atoms with Crippen LogP contribution in [0.2, 0.25) is 10.0 Å². The molecule has 0 aromatic carbocycles. The summed E-state index contributed by atoms with van der Waals surface area (Å²) in [4.78, 5) is 11.3. The zero-order valence-electron chi connectivity index (χ0n) is 6.84. The summed E-state index contributed by atoms with van der Waals surface area (Å²) >= 11 is 11.4. The van der Waals surface area contributed by atoms with Crippen LogP contribution in [0.1, 0.15) is 19.9 Å². The predicted molar refractivity (Wildman–Crippen MR) is 51.1 cm³/mol. The highest BCUT2D eigenvalue weighted by molar-refractivity contribution is 6.34. The molecule has 0 atom stereocenters. The molecule has 1 aromatic heterocycles. The molecule has 66 valence electrons. The Morgan fingerprint density at radius 3 is 2.50 bits per heavy atom. The van der Waals surface area contributed by atoms with Gasteiger partial charge in [0.25, 0.3) is 5.56 Å². The molecule has 0 aliphatic heterocycles. The SMILES string of the molecule is CC(C)n1cc(Cl)cc(Cl)c1=O. The maximum atomic E-state index is 11.3. The molecule has 0 saturated heterocycles. The van der Waals surface area contributed by atoms with Crippen LogP contribution < -0.4 is 5.56 Å². The summed E-state index contributed by atoms with van der Waals surface area (Å²) in [5.41, 5.74) is -0.198. The summed E-state index contributed by atoms with van der Waals surface area (Å²) < 4.78 is 1.50. The van der Waals surface area contributed by atoms with Crippen molar-refractivity contribution in [2.24, 2.45) is 0 Å². The predicted octanol–water partition coefficient (Wildman–Crippen LogP) is 2.74. The number of hydrogen-bond acceptors (Lipinski definition) is 1. The Kier molecular flexibility index (Phi) is 2.80. The van der Waals surface area contributed by atoms with Gasteiger partial charge in [-0.1, -0.05) is 23.2 Å². The van der Waals surface area contributed by atoms with Crippen molar-refractivity contribution in [3.63, 3.8) is 0 Å². The van der Waals surface area contributed by atoms with Gasteiger partial charge in [0.2, 0.25) is 0 Å². The summed E-state index contributed by atoms with van der Waals surface area (Å²) in [5, 5.41) is 0.643. The molecule has 1 aromatic rings. The minimum absolute atomic E-state index is 0.0775. The van der Waals surface area contributed by atoms with E-state index in [9.17, 15) is 4.79 Å².